The second kappa shape index (κ2) is 68.1. The lowest BCUT2D eigenvalue weighted by molar-refractivity contribution is -0.167. The Hall–Kier alpha value is -2.37. The Balaban J connectivity index is 4.29. The second-order valence-electron chi connectivity index (χ2n) is 24.1. The third-order valence-corrected chi connectivity index (χ3v) is 16.1. The maximum Gasteiger partial charge on any atom is 0.306 e. The molecule has 0 saturated heterocycles. The van der Waals surface area contributed by atoms with Crippen LogP contribution < -0.4 is 0 Å². The van der Waals surface area contributed by atoms with Crippen LogP contribution in [0.4, 0.5) is 0 Å². The zero-order valence-corrected chi connectivity index (χ0v) is 53.4. The molecule has 0 aromatic rings. The van der Waals surface area contributed by atoms with Crippen LogP contribution >= 0.6 is 0 Å². The first-order valence-corrected chi connectivity index (χ1v) is 35.5. The van der Waals surface area contributed by atoms with Gasteiger partial charge in [0.05, 0.1) is 0 Å². The number of hydrogen-bond acceptors (Lipinski definition) is 6. The Morgan fingerprint density at radius 3 is 0.709 bits per heavy atom. The first-order chi connectivity index (χ1) is 39.0. The molecule has 0 saturated carbocycles. The molecule has 464 valence electrons. The fourth-order valence-corrected chi connectivity index (χ4v) is 10.8. The monoisotopic (exact) mass is 1110 g/mol. The average Bonchev–Trinajstić information content (AvgIpc) is 3.45. The van der Waals surface area contributed by atoms with E-state index < -0.39 is 6.10 Å². The largest absolute Gasteiger partial charge is 0.462 e. The lowest BCUT2D eigenvalue weighted by atomic mass is 10.0. The van der Waals surface area contributed by atoms with E-state index in [-0.39, 0.29) is 31.1 Å². The molecule has 0 rings (SSSR count). The number of carbonyl (C=O) groups is 3. The molecule has 0 fully saturated rings. The summed E-state index contributed by atoms with van der Waals surface area (Å²) in [5, 5.41) is 0. The van der Waals surface area contributed by atoms with Gasteiger partial charge in [0, 0.05) is 19.3 Å². The van der Waals surface area contributed by atoms with Gasteiger partial charge in [0.25, 0.3) is 0 Å². The molecule has 0 aromatic heterocycles. The van der Waals surface area contributed by atoms with Crippen molar-refractivity contribution in [3.63, 3.8) is 0 Å². The van der Waals surface area contributed by atoms with E-state index in [4.69, 9.17) is 14.2 Å². The summed E-state index contributed by atoms with van der Waals surface area (Å²) in [6.07, 6.45) is 84.5. The predicted octanol–water partition coefficient (Wildman–Crippen LogP) is 24.3. The molecule has 0 heterocycles. The summed E-state index contributed by atoms with van der Waals surface area (Å²) in [5.74, 6) is -0.841. The Morgan fingerprint density at radius 2 is 0.456 bits per heavy atom. The van der Waals surface area contributed by atoms with Crippen molar-refractivity contribution in [1.29, 1.82) is 0 Å². The molecule has 1 atom stereocenters. The lowest BCUT2D eigenvalue weighted by Gasteiger charge is -2.18. The second-order valence-corrected chi connectivity index (χ2v) is 24.1. The molecule has 0 aliphatic heterocycles. The van der Waals surface area contributed by atoms with Gasteiger partial charge in [0.1, 0.15) is 13.2 Å². The van der Waals surface area contributed by atoms with Gasteiger partial charge in [-0.25, -0.2) is 0 Å². The predicted molar refractivity (Wildman–Crippen MR) is 344 cm³/mol. The van der Waals surface area contributed by atoms with E-state index in [9.17, 15) is 14.4 Å². The summed E-state index contributed by atoms with van der Waals surface area (Å²) in [6.45, 7) is 6.70. The molecule has 0 aromatic carbocycles. The maximum atomic E-state index is 13.0. The molecule has 0 spiro atoms. The van der Waals surface area contributed by atoms with E-state index in [1.807, 2.05) is 0 Å². The van der Waals surface area contributed by atoms with Crippen LogP contribution in [0.15, 0.2) is 36.5 Å². The molecule has 0 amide bonds. The van der Waals surface area contributed by atoms with Crippen molar-refractivity contribution in [2.75, 3.05) is 13.2 Å². The highest BCUT2D eigenvalue weighted by molar-refractivity contribution is 5.71. The summed E-state index contributed by atoms with van der Waals surface area (Å²) < 4.78 is 17.0. The minimum atomic E-state index is -0.772. The summed E-state index contributed by atoms with van der Waals surface area (Å²) in [5.41, 5.74) is 0. The van der Waals surface area contributed by atoms with Crippen LogP contribution in [-0.4, -0.2) is 37.2 Å². The van der Waals surface area contributed by atoms with Crippen LogP contribution in [0.25, 0.3) is 0 Å². The van der Waals surface area contributed by atoms with Crippen molar-refractivity contribution >= 4 is 17.9 Å². The van der Waals surface area contributed by atoms with Crippen molar-refractivity contribution in [2.24, 2.45) is 0 Å². The van der Waals surface area contributed by atoms with Crippen molar-refractivity contribution in [3.05, 3.63) is 36.5 Å². The van der Waals surface area contributed by atoms with Crippen molar-refractivity contribution in [3.8, 4) is 0 Å². The standard InChI is InChI=1S/C73H136O6/c1-4-7-10-13-16-19-22-25-28-30-32-34-36-38-40-42-45-48-51-54-57-60-63-66-72(75)78-69-70(68-77-71(74)65-62-59-56-53-50-47-44-27-24-21-18-15-12-9-6-3)79-73(76)67-64-61-58-55-52-49-46-43-41-39-37-35-33-31-29-26-23-20-17-14-11-8-5-2/h22,25,30-33,70H,4-21,23-24,26-29,34-69H2,1-3H3/b25-22-,32-30-,33-31-. The molecular formula is C73H136O6. The SMILES string of the molecule is CCCCCCC/C=C\C/C=C\CCCCCCCCCCCCCC(=O)OCC(COC(=O)CCCCCCCCCCCCCCCCC)OC(=O)CCCCCCCCCCCCC/C=C\CCCCCCCCCC. The average molecular weight is 1110 g/mol. The van der Waals surface area contributed by atoms with E-state index in [0.717, 1.165) is 64.2 Å². The highest BCUT2D eigenvalue weighted by atomic mass is 16.6. The van der Waals surface area contributed by atoms with Gasteiger partial charge in [0.2, 0.25) is 0 Å². The summed E-state index contributed by atoms with van der Waals surface area (Å²) in [4.78, 5) is 38.5. The van der Waals surface area contributed by atoms with Gasteiger partial charge < -0.3 is 14.2 Å². The molecule has 0 aliphatic carbocycles. The van der Waals surface area contributed by atoms with Gasteiger partial charge >= 0.3 is 17.9 Å². The molecule has 0 bridgehead atoms. The number of hydrogen-bond donors (Lipinski definition) is 0. The molecule has 79 heavy (non-hydrogen) atoms. The minimum absolute atomic E-state index is 0.0676. The Morgan fingerprint density at radius 1 is 0.253 bits per heavy atom. The number of rotatable bonds is 66. The smallest absolute Gasteiger partial charge is 0.306 e. The third-order valence-electron chi connectivity index (χ3n) is 16.1. The van der Waals surface area contributed by atoms with E-state index in [1.54, 1.807) is 0 Å². The van der Waals surface area contributed by atoms with Crippen LogP contribution in [0.5, 0.6) is 0 Å². The van der Waals surface area contributed by atoms with Gasteiger partial charge in [0.15, 0.2) is 6.10 Å². The number of unbranched alkanes of at least 4 members (excludes halogenated alkanes) is 49. The first kappa shape index (κ1) is 76.6. The fraction of sp³-hybridized carbons (Fsp3) is 0.877. The summed E-state index contributed by atoms with van der Waals surface area (Å²) in [7, 11) is 0. The van der Waals surface area contributed by atoms with Gasteiger partial charge in [-0.2, -0.15) is 0 Å². The molecular weight excluding hydrogens is 973 g/mol. The Kier molecular flexibility index (Phi) is 66.1. The number of ether oxygens (including phenoxy) is 3. The van der Waals surface area contributed by atoms with Crippen LogP contribution in [0, 0.1) is 0 Å². The molecule has 6 heteroatoms. The lowest BCUT2D eigenvalue weighted by Crippen LogP contribution is -2.30. The molecule has 0 N–H and O–H groups in total. The highest BCUT2D eigenvalue weighted by Crippen LogP contribution is 2.18. The van der Waals surface area contributed by atoms with E-state index >= 15 is 0 Å². The number of allylic oxidation sites excluding steroid dienone is 6. The zero-order chi connectivity index (χ0) is 57.1. The maximum absolute atomic E-state index is 13.0. The number of carbonyl (C=O) groups excluding carboxylic acids is 3. The first-order valence-electron chi connectivity index (χ1n) is 35.5. The van der Waals surface area contributed by atoms with E-state index in [1.165, 1.54) is 289 Å². The molecule has 0 aliphatic rings. The van der Waals surface area contributed by atoms with Crippen LogP contribution in [0.3, 0.4) is 0 Å². The topological polar surface area (TPSA) is 78.9 Å². The summed E-state index contributed by atoms with van der Waals surface area (Å²) >= 11 is 0. The Bertz CT molecular complexity index is 1320. The van der Waals surface area contributed by atoms with Crippen molar-refractivity contribution in [2.45, 2.75) is 399 Å². The van der Waals surface area contributed by atoms with E-state index in [2.05, 4.69) is 57.2 Å². The van der Waals surface area contributed by atoms with E-state index in [0.29, 0.717) is 19.3 Å². The van der Waals surface area contributed by atoms with Gasteiger partial charge in [-0.3, -0.25) is 14.4 Å². The van der Waals surface area contributed by atoms with Crippen LogP contribution in [0.2, 0.25) is 0 Å². The number of esters is 3. The van der Waals surface area contributed by atoms with Gasteiger partial charge in [-0.1, -0.05) is 333 Å². The Labute approximate surface area is 493 Å². The quantitative estimate of drug-likeness (QED) is 0.0261. The molecule has 1 unspecified atom stereocenters. The zero-order valence-electron chi connectivity index (χ0n) is 53.4. The van der Waals surface area contributed by atoms with Crippen LogP contribution in [0.1, 0.15) is 393 Å². The highest BCUT2D eigenvalue weighted by Gasteiger charge is 2.19. The van der Waals surface area contributed by atoms with Crippen molar-refractivity contribution in [1.82, 2.24) is 0 Å². The molecule has 6 nitrogen and oxygen atoms in total. The minimum Gasteiger partial charge on any atom is -0.462 e. The third kappa shape index (κ3) is 66.3. The summed E-state index contributed by atoms with van der Waals surface area (Å²) in [6, 6.07) is 0. The van der Waals surface area contributed by atoms with Gasteiger partial charge in [-0.05, 0) is 77.0 Å². The van der Waals surface area contributed by atoms with Gasteiger partial charge in [-0.15, -0.1) is 0 Å². The van der Waals surface area contributed by atoms with Crippen molar-refractivity contribution < 1.29 is 28.6 Å². The van der Waals surface area contributed by atoms with Crippen LogP contribution in [-0.2, 0) is 28.6 Å². The fourth-order valence-electron chi connectivity index (χ4n) is 10.8. The normalized spacial score (nSPS) is 12.2. The molecule has 0 radical (unpaired) electrons.